The van der Waals surface area contributed by atoms with Gasteiger partial charge in [0.15, 0.2) is 17.3 Å². The van der Waals surface area contributed by atoms with Crippen LogP contribution in [0.2, 0.25) is 0 Å². The van der Waals surface area contributed by atoms with Gasteiger partial charge in [-0.05, 0) is 73.9 Å². The number of nitrogens with zero attached hydrogens (tertiary/aromatic N) is 3. The molecule has 40 heavy (non-hydrogen) atoms. The lowest BCUT2D eigenvalue weighted by molar-refractivity contribution is 0.0691. The summed E-state index contributed by atoms with van der Waals surface area (Å²) >= 11 is 1.13. The third-order valence-corrected chi connectivity index (χ3v) is 8.63. The Bertz CT molecular complexity index is 1740. The van der Waals surface area contributed by atoms with Crippen molar-refractivity contribution in [1.82, 2.24) is 14.8 Å². The third kappa shape index (κ3) is 5.49. The van der Waals surface area contributed by atoms with Crippen LogP contribution in [0, 0.1) is 17.6 Å². The van der Waals surface area contributed by atoms with Crippen LogP contribution in [0.4, 0.5) is 8.78 Å². The minimum atomic E-state index is -4.24. The molecule has 6 rings (SSSR count). The number of thiazole rings is 1. The lowest BCUT2D eigenvalue weighted by Gasteiger charge is -2.11. The molecule has 2 aliphatic carbocycles. The van der Waals surface area contributed by atoms with E-state index < -0.39 is 32.5 Å². The Balaban J connectivity index is 1.50. The van der Waals surface area contributed by atoms with E-state index in [2.05, 4.69) is 4.98 Å². The van der Waals surface area contributed by atoms with Crippen LogP contribution >= 0.6 is 11.3 Å². The van der Waals surface area contributed by atoms with Crippen LogP contribution in [0.5, 0.6) is 5.75 Å². The first-order chi connectivity index (χ1) is 19.1. The van der Waals surface area contributed by atoms with Gasteiger partial charge in [-0.1, -0.05) is 6.07 Å². The summed E-state index contributed by atoms with van der Waals surface area (Å²) in [7, 11) is -4.24. The zero-order valence-corrected chi connectivity index (χ0v) is 22.6. The molecule has 2 aromatic heterocycles. The summed E-state index contributed by atoms with van der Waals surface area (Å²) in [6, 6.07) is 8.22. The van der Waals surface area contributed by atoms with Gasteiger partial charge in [-0.25, -0.2) is 36.8 Å². The van der Waals surface area contributed by atoms with Crippen molar-refractivity contribution in [2.24, 2.45) is 11.1 Å². The van der Waals surface area contributed by atoms with Crippen LogP contribution < -0.4 is 9.88 Å². The van der Waals surface area contributed by atoms with Gasteiger partial charge in [0, 0.05) is 22.9 Å². The highest BCUT2D eigenvalue weighted by atomic mass is 32.2. The molecule has 0 spiro atoms. The number of sulfonamides is 1. The van der Waals surface area contributed by atoms with Crippen LogP contribution in [0.1, 0.15) is 53.0 Å². The van der Waals surface area contributed by atoms with Gasteiger partial charge in [0.25, 0.3) is 0 Å². The highest BCUT2D eigenvalue weighted by Crippen LogP contribution is 2.39. The van der Waals surface area contributed by atoms with Crippen LogP contribution in [-0.4, -0.2) is 40.4 Å². The summed E-state index contributed by atoms with van der Waals surface area (Å²) in [5.74, 6) is -2.13. The molecule has 208 valence electrons. The van der Waals surface area contributed by atoms with E-state index in [4.69, 9.17) is 15.0 Å². The maximum absolute atomic E-state index is 14.8. The van der Waals surface area contributed by atoms with Crippen LogP contribution in [-0.2, 0) is 22.9 Å². The van der Waals surface area contributed by atoms with Gasteiger partial charge in [0.05, 0.1) is 17.5 Å². The molecule has 13 heteroatoms. The fourth-order valence-corrected chi connectivity index (χ4v) is 5.88. The Morgan fingerprint density at radius 3 is 2.52 bits per heavy atom. The number of hydrogen-bond acceptors (Lipinski definition) is 7. The highest BCUT2D eigenvalue weighted by molar-refractivity contribution is 7.89. The molecule has 4 aromatic rings. The molecule has 0 radical (unpaired) electrons. The molecule has 3 N–H and O–H groups in total. The van der Waals surface area contributed by atoms with E-state index in [1.165, 1.54) is 17.5 Å². The second kappa shape index (κ2) is 10.1. The molecule has 2 saturated carbocycles. The van der Waals surface area contributed by atoms with Crippen LogP contribution in [0.15, 0.2) is 46.7 Å². The fourth-order valence-electron chi connectivity index (χ4n) is 4.52. The molecular formula is C27H24F2N4O5S2. The van der Waals surface area contributed by atoms with Crippen molar-refractivity contribution in [3.63, 3.8) is 0 Å². The van der Waals surface area contributed by atoms with E-state index in [1.54, 1.807) is 16.8 Å². The number of carboxylic acid groups (broad SMARTS) is 1. The summed E-state index contributed by atoms with van der Waals surface area (Å²) in [4.78, 5) is 15.2. The Labute approximate surface area is 232 Å². The van der Waals surface area contributed by atoms with E-state index in [0.29, 0.717) is 39.9 Å². The fraction of sp³-hybridized carbons (Fsp3) is 0.296. The number of carbonyl (C=O) groups is 1. The van der Waals surface area contributed by atoms with Crippen molar-refractivity contribution in [3.05, 3.63) is 75.9 Å². The third-order valence-electron chi connectivity index (χ3n) is 6.87. The smallest absolute Gasteiger partial charge is 0.355 e. The summed E-state index contributed by atoms with van der Waals surface area (Å²) in [5, 5.41) is 21.2. The molecule has 2 heterocycles. The van der Waals surface area contributed by atoms with Crippen LogP contribution in [0.3, 0.4) is 0 Å². The molecule has 0 aliphatic heterocycles. The highest BCUT2D eigenvalue weighted by Gasteiger charge is 2.30. The van der Waals surface area contributed by atoms with Gasteiger partial charge in [-0.3, -0.25) is 0 Å². The Kier molecular flexibility index (Phi) is 6.67. The number of benzene rings is 2. The molecule has 2 aliphatic rings. The van der Waals surface area contributed by atoms with E-state index in [9.17, 15) is 27.1 Å². The number of hydrogen-bond donors (Lipinski definition) is 2. The maximum atomic E-state index is 14.8. The second-order valence-corrected chi connectivity index (χ2v) is 12.5. The topological polar surface area (TPSA) is 137 Å². The summed E-state index contributed by atoms with van der Waals surface area (Å²) < 4.78 is 60.2. The minimum absolute atomic E-state index is 0.0303. The molecule has 9 nitrogen and oxygen atoms in total. The number of primary sulfonamides is 1. The van der Waals surface area contributed by atoms with Gasteiger partial charge >= 0.3 is 5.97 Å². The van der Waals surface area contributed by atoms with Gasteiger partial charge in [0.1, 0.15) is 10.7 Å². The number of nitrogens with two attached hydrogens (primary N) is 1. The van der Waals surface area contributed by atoms with Crippen molar-refractivity contribution in [3.8, 4) is 22.1 Å². The van der Waals surface area contributed by atoms with Crippen molar-refractivity contribution in [2.45, 2.75) is 49.5 Å². The molecule has 2 aromatic carbocycles. The second-order valence-electron chi connectivity index (χ2n) is 10.1. The van der Waals surface area contributed by atoms with E-state index >= 15 is 0 Å². The lowest BCUT2D eigenvalue weighted by atomic mass is 9.96. The molecule has 0 saturated heterocycles. The quantitative estimate of drug-likeness (QED) is 0.275. The molecular weight excluding hydrogens is 562 g/mol. The first-order valence-corrected chi connectivity index (χ1v) is 15.1. The predicted octanol–water partition coefficient (Wildman–Crippen LogP) is 4.70. The van der Waals surface area contributed by atoms with E-state index in [1.807, 2.05) is 0 Å². The van der Waals surface area contributed by atoms with Gasteiger partial charge < -0.3 is 9.84 Å². The number of rotatable bonds is 10. The van der Waals surface area contributed by atoms with Crippen LogP contribution in [0.25, 0.3) is 16.4 Å². The monoisotopic (exact) mass is 586 g/mol. The molecule has 0 bridgehead atoms. The number of aromatic carboxylic acids is 1. The molecule has 2 fully saturated rings. The summed E-state index contributed by atoms with van der Waals surface area (Å²) in [6.45, 7) is 0. The molecule has 0 amide bonds. The van der Waals surface area contributed by atoms with Crippen molar-refractivity contribution in [2.75, 3.05) is 0 Å². The minimum Gasteiger partial charge on any atom is -0.487 e. The van der Waals surface area contributed by atoms with Crippen molar-refractivity contribution < 1.29 is 31.8 Å². The van der Waals surface area contributed by atoms with E-state index in [-0.39, 0.29) is 24.0 Å². The predicted molar refractivity (Wildman–Crippen MR) is 142 cm³/mol. The van der Waals surface area contributed by atoms with Gasteiger partial charge in [-0.2, -0.15) is 5.10 Å². The average molecular weight is 587 g/mol. The van der Waals surface area contributed by atoms with Crippen molar-refractivity contribution in [1.29, 1.82) is 0 Å². The summed E-state index contributed by atoms with van der Waals surface area (Å²) in [6.07, 6.45) is 4.51. The Morgan fingerprint density at radius 2 is 1.90 bits per heavy atom. The Hall–Kier alpha value is -3.68. The lowest BCUT2D eigenvalue weighted by Crippen LogP contribution is -2.14. The normalized spacial score (nSPS) is 15.4. The molecule has 0 atom stereocenters. The zero-order chi connectivity index (χ0) is 28.2. The number of carboxylic acids is 1. The first kappa shape index (κ1) is 26.5. The SMILES string of the molecule is NS(=O)(=O)c1ccc(Cc2c(-c3ccc(F)c(OC4CC4)c3)nn(-c3nc(C(=O)O)cs3)c2CC2CC2)cc1F. The number of halogens is 2. The van der Waals surface area contributed by atoms with Crippen molar-refractivity contribution >= 4 is 27.3 Å². The zero-order valence-electron chi connectivity index (χ0n) is 21.0. The summed E-state index contributed by atoms with van der Waals surface area (Å²) in [5.41, 5.74) is 2.90. The van der Waals surface area contributed by atoms with Gasteiger partial charge in [-0.15, -0.1) is 11.3 Å². The molecule has 0 unspecified atom stereocenters. The Morgan fingerprint density at radius 1 is 1.12 bits per heavy atom. The number of ether oxygens (including phenoxy) is 1. The maximum Gasteiger partial charge on any atom is 0.355 e. The largest absolute Gasteiger partial charge is 0.487 e. The first-order valence-electron chi connectivity index (χ1n) is 12.6. The average Bonchev–Trinajstić information content (AvgIpc) is 3.80. The standard InChI is InChI=1S/C27H24F2N4O5S2/c28-19-7-4-16(12-23(19)38-17-5-6-17)25-18(9-15-3-8-24(20(29)10-15)40(30,36)37)22(11-14-1-2-14)33(32-25)27-31-21(13-39-27)26(34)35/h3-4,7-8,10,12-14,17H,1-2,5-6,9,11H2,(H,34,35)(H2,30,36,37). The van der Waals surface area contributed by atoms with Gasteiger partial charge in [0.2, 0.25) is 15.2 Å². The van der Waals surface area contributed by atoms with E-state index in [0.717, 1.165) is 54.8 Å². The number of aromatic nitrogens is 3.